The van der Waals surface area contributed by atoms with E-state index in [0.29, 0.717) is 13.2 Å². The molecule has 1 heterocycles. The summed E-state index contributed by atoms with van der Waals surface area (Å²) in [5.41, 5.74) is 0. The van der Waals surface area contributed by atoms with Crippen LogP contribution in [-0.4, -0.2) is 25.3 Å². The second-order valence-corrected chi connectivity index (χ2v) is 2.25. The lowest BCUT2D eigenvalue weighted by molar-refractivity contribution is -0.147. The molecule has 0 amide bonds. The molecular weight excluding hydrogens is 132 g/mol. The summed E-state index contributed by atoms with van der Waals surface area (Å²) in [6, 6.07) is 0. The minimum absolute atomic E-state index is 0.0220. The van der Waals surface area contributed by atoms with E-state index in [1.807, 2.05) is 0 Å². The maximum absolute atomic E-state index is 10.2. The molecule has 0 saturated carbocycles. The minimum Gasteiger partial charge on any atom is -0.462 e. The Labute approximate surface area is 60.3 Å². The molecule has 0 atom stereocenters. The van der Waals surface area contributed by atoms with Crippen molar-refractivity contribution in [1.82, 2.24) is 0 Å². The average molecular weight is 142 g/mol. The number of carbonyl (C=O) groups is 1. The number of hydrogen-bond donors (Lipinski definition) is 0. The maximum atomic E-state index is 10.2. The highest BCUT2D eigenvalue weighted by atomic mass is 16.5. The highest BCUT2D eigenvalue weighted by Gasteiger charge is 2.15. The maximum Gasteiger partial charge on any atom is 0.311 e. The number of rotatable bonds is 1. The molecule has 0 unspecified atom stereocenters. The van der Waals surface area contributed by atoms with Crippen LogP contribution in [-0.2, 0) is 14.3 Å². The van der Waals surface area contributed by atoms with Gasteiger partial charge in [-0.05, 0) is 0 Å². The van der Waals surface area contributed by atoms with E-state index in [0.717, 1.165) is 12.8 Å². The van der Waals surface area contributed by atoms with Crippen LogP contribution < -0.4 is 0 Å². The van der Waals surface area contributed by atoms with Gasteiger partial charge in [0, 0.05) is 12.8 Å². The van der Waals surface area contributed by atoms with Gasteiger partial charge in [0.2, 0.25) is 0 Å². The Morgan fingerprint density at radius 3 is 2.60 bits per heavy atom. The second kappa shape index (κ2) is 3.56. The fraction of sp³-hybridized carbons (Fsp3) is 0.714. The molecule has 3 nitrogen and oxygen atoms in total. The lowest BCUT2D eigenvalue weighted by atomic mass is 10.2. The molecule has 10 heavy (non-hydrogen) atoms. The molecule has 3 heteroatoms. The quantitative estimate of drug-likeness (QED) is 0.498. The fourth-order valence-electron chi connectivity index (χ4n) is 0.958. The number of ether oxygens (including phenoxy) is 2. The average Bonchev–Trinajstić information content (AvgIpc) is 1.88. The zero-order valence-electron chi connectivity index (χ0n) is 5.71. The zero-order chi connectivity index (χ0) is 7.40. The van der Waals surface area contributed by atoms with Crippen molar-refractivity contribution >= 4 is 5.97 Å². The van der Waals surface area contributed by atoms with Gasteiger partial charge in [0.25, 0.3) is 0 Å². The minimum atomic E-state index is -0.688. The molecule has 1 rings (SSSR count). The first-order valence-corrected chi connectivity index (χ1v) is 3.33. The first-order chi connectivity index (χ1) is 4.79. The van der Waals surface area contributed by atoms with Crippen LogP contribution in [0.25, 0.3) is 0 Å². The molecule has 0 aromatic carbocycles. The second-order valence-electron chi connectivity index (χ2n) is 2.25. The van der Waals surface area contributed by atoms with Crippen LogP contribution >= 0.6 is 0 Å². The summed E-state index contributed by atoms with van der Waals surface area (Å²) in [6.07, 6.45) is 1.51. The van der Waals surface area contributed by atoms with Crippen molar-refractivity contribution in [3.05, 3.63) is 6.92 Å². The Balaban J connectivity index is 2.19. The van der Waals surface area contributed by atoms with Crippen molar-refractivity contribution in [3.63, 3.8) is 0 Å². The van der Waals surface area contributed by atoms with Gasteiger partial charge >= 0.3 is 5.97 Å². The fourth-order valence-corrected chi connectivity index (χ4v) is 0.958. The standard InChI is InChI=1S/C7H10O3/c1-6(8)10-7-2-4-9-5-3-7/h1,7H,2-5H2. The molecule has 1 aliphatic heterocycles. The molecule has 0 spiro atoms. The van der Waals surface area contributed by atoms with Gasteiger partial charge in [-0.15, -0.1) is 0 Å². The molecule has 2 radical (unpaired) electrons. The Hall–Kier alpha value is -0.570. The highest BCUT2D eigenvalue weighted by Crippen LogP contribution is 2.09. The van der Waals surface area contributed by atoms with E-state index in [9.17, 15) is 4.79 Å². The van der Waals surface area contributed by atoms with Gasteiger partial charge in [0.1, 0.15) is 6.10 Å². The van der Waals surface area contributed by atoms with E-state index >= 15 is 0 Å². The van der Waals surface area contributed by atoms with Gasteiger partial charge < -0.3 is 9.47 Å². The number of carbonyl (C=O) groups excluding carboxylic acids is 1. The SMILES string of the molecule is [CH]C(=O)OC1CCOCC1. The van der Waals surface area contributed by atoms with Gasteiger partial charge in [-0.1, -0.05) is 0 Å². The Bertz CT molecular complexity index is 116. The Morgan fingerprint density at radius 2 is 2.10 bits per heavy atom. The van der Waals surface area contributed by atoms with Crippen molar-refractivity contribution in [2.75, 3.05) is 13.2 Å². The monoisotopic (exact) mass is 142 g/mol. The molecular formula is C7H10O3. The summed E-state index contributed by atoms with van der Waals surface area (Å²) in [7, 11) is 0. The number of esters is 1. The van der Waals surface area contributed by atoms with E-state index in [2.05, 4.69) is 0 Å². The first kappa shape index (κ1) is 7.54. The van der Waals surface area contributed by atoms with Crippen LogP contribution in [0.2, 0.25) is 0 Å². The molecule has 0 aliphatic carbocycles. The summed E-state index contributed by atoms with van der Waals surface area (Å²) >= 11 is 0. The van der Waals surface area contributed by atoms with E-state index in [4.69, 9.17) is 16.4 Å². The topological polar surface area (TPSA) is 35.5 Å². The van der Waals surface area contributed by atoms with Crippen molar-refractivity contribution in [1.29, 1.82) is 0 Å². The van der Waals surface area contributed by atoms with Crippen molar-refractivity contribution < 1.29 is 14.3 Å². The van der Waals surface area contributed by atoms with Crippen LogP contribution in [0.15, 0.2) is 0 Å². The molecule has 1 fully saturated rings. The van der Waals surface area contributed by atoms with Crippen molar-refractivity contribution in [3.8, 4) is 0 Å². The third-order valence-corrected chi connectivity index (χ3v) is 1.45. The smallest absolute Gasteiger partial charge is 0.311 e. The highest BCUT2D eigenvalue weighted by molar-refractivity contribution is 5.73. The first-order valence-electron chi connectivity index (χ1n) is 3.33. The predicted octanol–water partition coefficient (Wildman–Crippen LogP) is 0.420. The van der Waals surface area contributed by atoms with E-state index in [-0.39, 0.29) is 6.10 Å². The summed E-state index contributed by atoms with van der Waals surface area (Å²) in [4.78, 5) is 10.2. The van der Waals surface area contributed by atoms with Crippen LogP contribution in [0.1, 0.15) is 12.8 Å². The molecule has 0 N–H and O–H groups in total. The van der Waals surface area contributed by atoms with Gasteiger partial charge in [-0.25, -0.2) is 0 Å². The largest absolute Gasteiger partial charge is 0.462 e. The van der Waals surface area contributed by atoms with Crippen LogP contribution in [0.3, 0.4) is 0 Å². The van der Waals surface area contributed by atoms with Crippen LogP contribution in [0.4, 0.5) is 0 Å². The summed E-state index contributed by atoms with van der Waals surface area (Å²) in [6.45, 7) is 6.15. The lowest BCUT2D eigenvalue weighted by Crippen LogP contribution is -2.25. The van der Waals surface area contributed by atoms with Crippen molar-refractivity contribution in [2.24, 2.45) is 0 Å². The van der Waals surface area contributed by atoms with Crippen LogP contribution in [0.5, 0.6) is 0 Å². The van der Waals surface area contributed by atoms with E-state index in [1.54, 1.807) is 0 Å². The Morgan fingerprint density at radius 1 is 1.50 bits per heavy atom. The van der Waals surface area contributed by atoms with E-state index < -0.39 is 5.97 Å². The normalized spacial score (nSPS) is 20.5. The zero-order valence-corrected chi connectivity index (χ0v) is 5.71. The van der Waals surface area contributed by atoms with Gasteiger partial charge in [-0.3, -0.25) is 4.79 Å². The Kier molecular flexibility index (Phi) is 2.68. The number of hydrogen-bond acceptors (Lipinski definition) is 3. The third kappa shape index (κ3) is 2.35. The summed E-state index contributed by atoms with van der Waals surface area (Å²) in [5.74, 6) is -0.688. The van der Waals surface area contributed by atoms with Crippen LogP contribution in [0, 0.1) is 6.92 Å². The molecule has 56 valence electrons. The van der Waals surface area contributed by atoms with Gasteiger partial charge in [-0.2, -0.15) is 0 Å². The molecule has 0 bridgehead atoms. The van der Waals surface area contributed by atoms with Crippen molar-refractivity contribution in [2.45, 2.75) is 18.9 Å². The molecule has 1 saturated heterocycles. The van der Waals surface area contributed by atoms with Gasteiger partial charge in [0.05, 0.1) is 20.1 Å². The third-order valence-electron chi connectivity index (χ3n) is 1.45. The molecule has 1 aliphatic rings. The predicted molar refractivity (Wildman–Crippen MR) is 34.2 cm³/mol. The molecule has 0 aromatic heterocycles. The van der Waals surface area contributed by atoms with E-state index in [1.165, 1.54) is 0 Å². The van der Waals surface area contributed by atoms with Gasteiger partial charge in [0.15, 0.2) is 0 Å². The summed E-state index contributed by atoms with van der Waals surface area (Å²) in [5, 5.41) is 0. The molecule has 0 aromatic rings. The summed E-state index contributed by atoms with van der Waals surface area (Å²) < 4.78 is 9.80. The lowest BCUT2D eigenvalue weighted by Gasteiger charge is -2.21.